The van der Waals surface area contributed by atoms with Crippen LogP contribution < -0.4 is 15.4 Å². The molecule has 8 nitrogen and oxygen atoms in total. The summed E-state index contributed by atoms with van der Waals surface area (Å²) in [6.07, 6.45) is 1.63. The number of pyridine rings is 1. The third kappa shape index (κ3) is 4.87. The number of anilines is 2. The van der Waals surface area contributed by atoms with Crippen molar-refractivity contribution in [3.05, 3.63) is 71.3 Å². The Hall–Kier alpha value is -4.00. The van der Waals surface area contributed by atoms with Crippen LogP contribution in [0.15, 0.2) is 54.6 Å². The van der Waals surface area contributed by atoms with E-state index < -0.39 is 5.41 Å². The molecule has 0 atom stereocenters. The highest BCUT2D eigenvalue weighted by molar-refractivity contribution is 7.22. The van der Waals surface area contributed by atoms with Gasteiger partial charge in [-0.2, -0.15) is 5.26 Å². The molecule has 2 heterocycles. The molecule has 4 aromatic rings. The summed E-state index contributed by atoms with van der Waals surface area (Å²) in [5.74, 6) is 0.124. The fraction of sp³-hybridized carbons (Fsp3) is 0.192. The number of halogens is 1. The summed E-state index contributed by atoms with van der Waals surface area (Å²) in [6, 6.07) is 18.4. The average Bonchev–Trinajstić information content (AvgIpc) is 3.59. The number of alkyl halides is 1. The summed E-state index contributed by atoms with van der Waals surface area (Å²) in [5.41, 5.74) is 2.97. The lowest BCUT2D eigenvalue weighted by molar-refractivity contribution is -0.113. The number of nitrogens with zero attached hydrogens (tertiary/aromatic N) is 3. The maximum atomic E-state index is 12.9. The van der Waals surface area contributed by atoms with Gasteiger partial charge >= 0.3 is 0 Å². The van der Waals surface area contributed by atoms with E-state index in [-0.39, 0.29) is 17.7 Å². The van der Waals surface area contributed by atoms with Gasteiger partial charge in [0.05, 0.1) is 11.5 Å². The van der Waals surface area contributed by atoms with Crippen LogP contribution in [0, 0.1) is 18.3 Å². The van der Waals surface area contributed by atoms with Crippen LogP contribution in [0.2, 0.25) is 0 Å². The quantitative estimate of drug-likeness (QED) is 0.300. The first-order valence-corrected chi connectivity index (χ1v) is 12.5. The molecule has 36 heavy (non-hydrogen) atoms. The van der Waals surface area contributed by atoms with E-state index in [4.69, 9.17) is 16.3 Å². The summed E-state index contributed by atoms with van der Waals surface area (Å²) in [4.78, 5) is 33.8. The van der Waals surface area contributed by atoms with Crippen molar-refractivity contribution >= 4 is 55.9 Å². The van der Waals surface area contributed by atoms with E-state index in [2.05, 4.69) is 26.7 Å². The van der Waals surface area contributed by atoms with Crippen molar-refractivity contribution in [3.8, 4) is 17.7 Å². The molecule has 0 saturated heterocycles. The monoisotopic (exact) mass is 517 g/mol. The Morgan fingerprint density at radius 2 is 1.97 bits per heavy atom. The lowest BCUT2D eigenvalue weighted by Crippen LogP contribution is -2.13. The van der Waals surface area contributed by atoms with Crippen molar-refractivity contribution in [2.75, 3.05) is 16.5 Å². The van der Waals surface area contributed by atoms with Gasteiger partial charge in [-0.3, -0.25) is 9.59 Å². The molecule has 5 rings (SSSR count). The van der Waals surface area contributed by atoms with Crippen LogP contribution in [-0.2, 0) is 10.2 Å². The van der Waals surface area contributed by atoms with E-state index in [1.54, 1.807) is 42.5 Å². The molecule has 2 aromatic heterocycles. The van der Waals surface area contributed by atoms with Gasteiger partial charge in [-0.1, -0.05) is 29.5 Å². The van der Waals surface area contributed by atoms with Gasteiger partial charge in [0.25, 0.3) is 5.91 Å². The number of rotatable bonds is 7. The Bertz CT molecular complexity index is 1540. The lowest BCUT2D eigenvalue weighted by atomic mass is 9.96. The topological polar surface area (TPSA) is 117 Å². The number of fused-ring (bicyclic) bond motifs is 1. The molecule has 1 saturated carbocycles. The van der Waals surface area contributed by atoms with Crippen LogP contribution in [0.5, 0.6) is 11.6 Å². The number of hydrogen-bond acceptors (Lipinski definition) is 7. The van der Waals surface area contributed by atoms with E-state index >= 15 is 0 Å². The zero-order valence-corrected chi connectivity index (χ0v) is 20.7. The molecule has 1 aliphatic rings. The highest BCUT2D eigenvalue weighted by Crippen LogP contribution is 2.47. The van der Waals surface area contributed by atoms with E-state index in [1.807, 2.05) is 19.1 Å². The number of ether oxygens (including phenoxy) is 1. The minimum atomic E-state index is -0.455. The summed E-state index contributed by atoms with van der Waals surface area (Å²) in [7, 11) is 0. The number of hydrogen-bond donors (Lipinski definition) is 2. The van der Waals surface area contributed by atoms with Crippen molar-refractivity contribution in [2.45, 2.75) is 25.2 Å². The number of nitriles is 1. The normalized spacial score (nSPS) is 13.6. The van der Waals surface area contributed by atoms with Gasteiger partial charge in [0, 0.05) is 23.4 Å². The Morgan fingerprint density at radius 3 is 2.72 bits per heavy atom. The van der Waals surface area contributed by atoms with Gasteiger partial charge in [-0.15, -0.1) is 11.6 Å². The number of aromatic nitrogens is 2. The van der Waals surface area contributed by atoms with Crippen LogP contribution >= 0.6 is 22.9 Å². The molecular weight excluding hydrogens is 498 g/mol. The molecule has 1 fully saturated rings. The maximum Gasteiger partial charge on any atom is 0.255 e. The SMILES string of the molecule is Cc1ccc(NC(=O)c2cccc(C3(C#N)CC3)c2)cc1Oc1ccc2nc(NC(=O)CCl)sc2n1. The van der Waals surface area contributed by atoms with Gasteiger partial charge in [-0.05, 0) is 55.2 Å². The van der Waals surface area contributed by atoms with Gasteiger partial charge < -0.3 is 15.4 Å². The van der Waals surface area contributed by atoms with Crippen LogP contribution in [0.1, 0.15) is 34.3 Å². The highest BCUT2D eigenvalue weighted by Gasteiger charge is 2.45. The van der Waals surface area contributed by atoms with Crippen LogP contribution in [0.4, 0.5) is 10.8 Å². The first kappa shape index (κ1) is 23.7. The summed E-state index contributed by atoms with van der Waals surface area (Å²) < 4.78 is 6.02. The first-order chi connectivity index (χ1) is 17.4. The molecule has 0 spiro atoms. The van der Waals surface area contributed by atoms with Crippen molar-refractivity contribution in [3.63, 3.8) is 0 Å². The number of carbonyl (C=O) groups excluding carboxylic acids is 2. The molecule has 2 N–H and O–H groups in total. The molecule has 0 unspecified atom stereocenters. The van der Waals surface area contributed by atoms with E-state index in [0.29, 0.717) is 38.4 Å². The Morgan fingerprint density at radius 1 is 1.14 bits per heavy atom. The summed E-state index contributed by atoms with van der Waals surface area (Å²) in [6.45, 7) is 1.90. The molecular formula is C26H20ClN5O3S. The molecule has 0 aliphatic heterocycles. The lowest BCUT2D eigenvalue weighted by Gasteiger charge is -2.12. The molecule has 180 valence electrons. The molecule has 2 aromatic carbocycles. The van der Waals surface area contributed by atoms with E-state index in [1.165, 1.54) is 11.3 Å². The number of aryl methyl sites for hydroxylation is 1. The Labute approximate surface area is 215 Å². The second-order valence-electron chi connectivity index (χ2n) is 8.49. The molecule has 1 aliphatic carbocycles. The van der Waals surface area contributed by atoms with Gasteiger partial charge in [0.2, 0.25) is 11.8 Å². The van der Waals surface area contributed by atoms with E-state index in [0.717, 1.165) is 24.0 Å². The van der Waals surface area contributed by atoms with E-state index in [9.17, 15) is 14.9 Å². The fourth-order valence-corrected chi connectivity index (χ4v) is 4.63. The molecule has 2 amide bonds. The van der Waals surface area contributed by atoms with Crippen molar-refractivity contribution < 1.29 is 14.3 Å². The highest BCUT2D eigenvalue weighted by atomic mass is 35.5. The second-order valence-corrected chi connectivity index (χ2v) is 9.73. The number of benzene rings is 2. The predicted molar refractivity (Wildman–Crippen MR) is 139 cm³/mol. The Balaban J connectivity index is 1.33. The number of carbonyl (C=O) groups is 2. The molecule has 0 bridgehead atoms. The predicted octanol–water partition coefficient (Wildman–Crippen LogP) is 5.78. The third-order valence-corrected chi connectivity index (χ3v) is 7.02. The zero-order chi connectivity index (χ0) is 25.3. The summed E-state index contributed by atoms with van der Waals surface area (Å²) in [5, 5.41) is 15.4. The molecule has 10 heteroatoms. The van der Waals surface area contributed by atoms with Crippen LogP contribution in [0.25, 0.3) is 10.3 Å². The van der Waals surface area contributed by atoms with Crippen LogP contribution in [0.3, 0.4) is 0 Å². The smallest absolute Gasteiger partial charge is 0.255 e. The number of thiazole rings is 1. The maximum absolute atomic E-state index is 12.9. The minimum Gasteiger partial charge on any atom is -0.439 e. The minimum absolute atomic E-state index is 0.157. The second kappa shape index (κ2) is 9.57. The fourth-order valence-electron chi connectivity index (χ4n) is 3.71. The van der Waals surface area contributed by atoms with Crippen molar-refractivity contribution in [2.24, 2.45) is 0 Å². The zero-order valence-electron chi connectivity index (χ0n) is 19.2. The van der Waals surface area contributed by atoms with Crippen LogP contribution in [-0.4, -0.2) is 27.7 Å². The standard InChI is InChI=1S/C26H20ClN5O3S/c1-15-5-6-18(29-23(34)16-3-2-4-17(11-16)26(14-28)9-10-26)12-20(15)35-22-8-7-19-24(32-22)36-25(30-19)31-21(33)13-27/h2-8,11-12H,9-10,13H2,1H3,(H,29,34)(H,30,31,33). The molecule has 0 radical (unpaired) electrons. The number of amides is 2. The number of nitrogens with one attached hydrogen (secondary N) is 2. The Kier molecular flexibility index (Phi) is 6.31. The van der Waals surface area contributed by atoms with Gasteiger partial charge in [0.15, 0.2) is 5.13 Å². The van der Waals surface area contributed by atoms with Crippen molar-refractivity contribution in [1.82, 2.24) is 9.97 Å². The van der Waals surface area contributed by atoms with Gasteiger partial charge in [-0.25, -0.2) is 9.97 Å². The largest absolute Gasteiger partial charge is 0.439 e. The first-order valence-electron chi connectivity index (χ1n) is 11.1. The third-order valence-electron chi connectivity index (χ3n) is 5.90. The average molecular weight is 518 g/mol. The summed E-state index contributed by atoms with van der Waals surface area (Å²) >= 11 is 6.75. The van der Waals surface area contributed by atoms with Crippen molar-refractivity contribution in [1.29, 1.82) is 5.26 Å². The van der Waals surface area contributed by atoms with Gasteiger partial charge in [0.1, 0.15) is 22.0 Å².